The van der Waals surface area contributed by atoms with Crippen molar-refractivity contribution in [3.8, 4) is 0 Å². The molecule has 0 amide bonds. The molecule has 0 radical (unpaired) electrons. The molecule has 104 valence electrons. The summed E-state index contributed by atoms with van der Waals surface area (Å²) in [5, 5.41) is 7.96. The molecular formula is C13H26N4S. The van der Waals surface area contributed by atoms with Gasteiger partial charge in [-0.15, -0.1) is 0 Å². The molecule has 0 spiro atoms. The van der Waals surface area contributed by atoms with Crippen molar-refractivity contribution in [3.05, 3.63) is 12.2 Å². The van der Waals surface area contributed by atoms with Crippen LogP contribution >= 0.6 is 11.8 Å². The third-order valence-corrected chi connectivity index (χ3v) is 3.84. The van der Waals surface area contributed by atoms with E-state index >= 15 is 0 Å². The molecule has 2 unspecified atom stereocenters. The van der Waals surface area contributed by atoms with Crippen LogP contribution in [0.2, 0.25) is 0 Å². The zero-order valence-electron chi connectivity index (χ0n) is 12.2. The minimum Gasteiger partial charge on any atom is -0.307 e. The monoisotopic (exact) mass is 270 g/mol. The number of nitrogens with zero attached hydrogens (tertiary/aromatic N) is 3. The van der Waals surface area contributed by atoms with Gasteiger partial charge in [-0.3, -0.25) is 0 Å². The average Bonchev–Trinajstić information content (AvgIpc) is 2.79. The van der Waals surface area contributed by atoms with Crippen LogP contribution in [0.25, 0.3) is 0 Å². The van der Waals surface area contributed by atoms with Crippen molar-refractivity contribution in [2.75, 3.05) is 18.6 Å². The van der Waals surface area contributed by atoms with Crippen molar-refractivity contribution in [2.24, 2.45) is 5.92 Å². The lowest BCUT2D eigenvalue weighted by Crippen LogP contribution is -2.32. The number of hydrogen-bond donors (Lipinski definition) is 1. The summed E-state index contributed by atoms with van der Waals surface area (Å²) < 4.78 is 2.03. The van der Waals surface area contributed by atoms with Crippen LogP contribution in [0.4, 0.5) is 0 Å². The summed E-state index contributed by atoms with van der Waals surface area (Å²) in [6, 6.07) is 0.650. The standard InChI is InChI=1S/C13H26N4S/c1-6-7-14-12(11(4)8-18-5)13-15-9-16-17(13)10(2)3/h9-12,14H,6-8H2,1-5H3. The largest absolute Gasteiger partial charge is 0.307 e. The van der Waals surface area contributed by atoms with E-state index in [9.17, 15) is 0 Å². The second-order valence-electron chi connectivity index (χ2n) is 5.02. The first-order valence-corrected chi connectivity index (χ1v) is 8.12. The topological polar surface area (TPSA) is 42.7 Å². The molecule has 0 aliphatic carbocycles. The van der Waals surface area contributed by atoms with Crippen LogP contribution < -0.4 is 5.32 Å². The van der Waals surface area contributed by atoms with Gasteiger partial charge in [0.2, 0.25) is 0 Å². The van der Waals surface area contributed by atoms with E-state index in [-0.39, 0.29) is 0 Å². The van der Waals surface area contributed by atoms with E-state index in [2.05, 4.69) is 49.4 Å². The predicted molar refractivity (Wildman–Crippen MR) is 79.0 cm³/mol. The smallest absolute Gasteiger partial charge is 0.144 e. The molecule has 0 fully saturated rings. The Morgan fingerprint density at radius 1 is 1.39 bits per heavy atom. The Hall–Kier alpha value is -0.550. The van der Waals surface area contributed by atoms with Gasteiger partial charge in [-0.05, 0) is 44.7 Å². The Balaban J connectivity index is 2.89. The molecule has 0 aromatic carbocycles. The quantitative estimate of drug-likeness (QED) is 0.789. The zero-order valence-corrected chi connectivity index (χ0v) is 13.0. The highest BCUT2D eigenvalue weighted by Gasteiger charge is 2.24. The van der Waals surface area contributed by atoms with E-state index in [1.54, 1.807) is 6.33 Å². The summed E-state index contributed by atoms with van der Waals surface area (Å²) in [5.74, 6) is 2.75. The lowest BCUT2D eigenvalue weighted by Gasteiger charge is -2.25. The fourth-order valence-electron chi connectivity index (χ4n) is 2.09. The summed E-state index contributed by atoms with van der Waals surface area (Å²) >= 11 is 1.89. The highest BCUT2D eigenvalue weighted by molar-refractivity contribution is 7.98. The molecule has 1 aromatic rings. The van der Waals surface area contributed by atoms with Crippen LogP contribution in [-0.2, 0) is 0 Å². The van der Waals surface area contributed by atoms with Crippen molar-refractivity contribution in [1.82, 2.24) is 20.1 Å². The number of thioether (sulfide) groups is 1. The lowest BCUT2D eigenvalue weighted by molar-refractivity contribution is 0.366. The molecule has 2 atom stereocenters. The van der Waals surface area contributed by atoms with Crippen LogP contribution in [0.1, 0.15) is 52.0 Å². The molecule has 0 aliphatic heterocycles. The van der Waals surface area contributed by atoms with Crippen molar-refractivity contribution < 1.29 is 0 Å². The van der Waals surface area contributed by atoms with Gasteiger partial charge >= 0.3 is 0 Å². The van der Waals surface area contributed by atoms with Crippen molar-refractivity contribution >= 4 is 11.8 Å². The van der Waals surface area contributed by atoms with Gasteiger partial charge in [0.1, 0.15) is 12.2 Å². The molecule has 0 bridgehead atoms. The summed E-state index contributed by atoms with van der Waals surface area (Å²) in [6.45, 7) is 9.79. The third kappa shape index (κ3) is 3.99. The molecule has 18 heavy (non-hydrogen) atoms. The maximum atomic E-state index is 4.47. The minimum atomic E-state index is 0.294. The molecule has 1 aromatic heterocycles. The first-order chi connectivity index (χ1) is 8.61. The van der Waals surface area contributed by atoms with Crippen molar-refractivity contribution in [3.63, 3.8) is 0 Å². The first-order valence-electron chi connectivity index (χ1n) is 6.73. The Bertz CT molecular complexity index is 337. The highest BCUT2D eigenvalue weighted by Crippen LogP contribution is 2.24. The van der Waals surface area contributed by atoms with Gasteiger partial charge in [0.25, 0.3) is 0 Å². The average molecular weight is 270 g/mol. The molecule has 0 aliphatic rings. The Labute approximate surface area is 115 Å². The zero-order chi connectivity index (χ0) is 13.5. The minimum absolute atomic E-state index is 0.294. The fraction of sp³-hybridized carbons (Fsp3) is 0.846. The van der Waals surface area contributed by atoms with Crippen molar-refractivity contribution in [2.45, 2.75) is 46.2 Å². The van der Waals surface area contributed by atoms with Crippen LogP contribution in [-0.4, -0.2) is 33.3 Å². The summed E-state index contributed by atoms with van der Waals surface area (Å²) in [5.41, 5.74) is 0. The van der Waals surface area contributed by atoms with Gasteiger partial charge < -0.3 is 5.32 Å². The van der Waals surface area contributed by atoms with Crippen LogP contribution in [0.5, 0.6) is 0 Å². The molecule has 0 saturated carbocycles. The highest BCUT2D eigenvalue weighted by atomic mass is 32.2. The Morgan fingerprint density at radius 2 is 2.11 bits per heavy atom. The van der Waals surface area contributed by atoms with Crippen LogP contribution in [0.15, 0.2) is 6.33 Å². The molecule has 1 rings (SSSR count). The number of nitrogens with one attached hydrogen (secondary N) is 1. The lowest BCUT2D eigenvalue weighted by atomic mass is 10.0. The number of rotatable bonds is 8. The molecule has 1 N–H and O–H groups in total. The van der Waals surface area contributed by atoms with Gasteiger partial charge in [0.05, 0.1) is 6.04 Å². The molecule has 1 heterocycles. The van der Waals surface area contributed by atoms with Crippen LogP contribution in [0.3, 0.4) is 0 Å². The van der Waals surface area contributed by atoms with E-state index in [0.29, 0.717) is 18.0 Å². The second-order valence-corrected chi connectivity index (χ2v) is 5.93. The van der Waals surface area contributed by atoms with Crippen LogP contribution in [0, 0.1) is 5.92 Å². The van der Waals surface area contributed by atoms with E-state index in [4.69, 9.17) is 0 Å². The second kappa shape index (κ2) is 7.79. The maximum Gasteiger partial charge on any atom is 0.144 e. The Kier molecular flexibility index (Phi) is 6.71. The first kappa shape index (κ1) is 15.5. The van der Waals surface area contributed by atoms with Crippen molar-refractivity contribution in [1.29, 1.82) is 0 Å². The van der Waals surface area contributed by atoms with E-state index in [1.807, 2.05) is 16.4 Å². The summed E-state index contributed by atoms with van der Waals surface area (Å²) in [4.78, 5) is 4.47. The maximum absolute atomic E-state index is 4.47. The molecule has 5 heteroatoms. The van der Waals surface area contributed by atoms with E-state index in [1.165, 1.54) is 0 Å². The van der Waals surface area contributed by atoms with Gasteiger partial charge in [-0.2, -0.15) is 16.9 Å². The molecular weight excluding hydrogens is 244 g/mol. The normalized spacial score (nSPS) is 15.0. The SMILES string of the molecule is CCCNC(c1ncnn1C(C)C)C(C)CSC. The summed E-state index contributed by atoms with van der Waals surface area (Å²) in [6.07, 6.45) is 4.96. The fourth-order valence-corrected chi connectivity index (χ4v) is 2.80. The third-order valence-electron chi connectivity index (χ3n) is 2.98. The summed E-state index contributed by atoms with van der Waals surface area (Å²) in [7, 11) is 0. The number of aromatic nitrogens is 3. The van der Waals surface area contributed by atoms with Gasteiger partial charge in [-0.1, -0.05) is 13.8 Å². The Morgan fingerprint density at radius 3 is 2.67 bits per heavy atom. The molecule has 0 saturated heterocycles. The van der Waals surface area contributed by atoms with Gasteiger partial charge in [0.15, 0.2) is 0 Å². The van der Waals surface area contributed by atoms with Gasteiger partial charge in [0, 0.05) is 6.04 Å². The van der Waals surface area contributed by atoms with Gasteiger partial charge in [-0.25, -0.2) is 9.67 Å². The predicted octanol–water partition coefficient (Wildman–Crippen LogP) is 2.90. The van der Waals surface area contributed by atoms with E-state index < -0.39 is 0 Å². The van der Waals surface area contributed by atoms with E-state index in [0.717, 1.165) is 24.5 Å². The molecule has 4 nitrogen and oxygen atoms in total. The number of hydrogen-bond acceptors (Lipinski definition) is 4.